The standard InChI is InChI=1S/C18H20Cl2N4O3S/c1-3-4-10-15(17(26)27)28-18(22-10)24-5-8-9(6-24)13(8)23-16(25)14-12(20)11(19)7(2)21-14/h8-9,13,21H,3-6H2,1-2H3,(H,23,25)(H,26,27)/t8-,9+,13?. The summed E-state index contributed by atoms with van der Waals surface area (Å²) in [4.78, 5) is 33.9. The van der Waals surface area contributed by atoms with Gasteiger partial charge in [0.05, 0.1) is 15.7 Å². The molecule has 10 heteroatoms. The average Bonchev–Trinajstić information content (AvgIpc) is 3.04. The van der Waals surface area contributed by atoms with Gasteiger partial charge in [-0.05, 0) is 13.3 Å². The number of aromatic carboxylic acids is 1. The maximum Gasteiger partial charge on any atom is 0.347 e. The first-order chi connectivity index (χ1) is 13.3. The van der Waals surface area contributed by atoms with E-state index in [0.29, 0.717) is 45.2 Å². The van der Waals surface area contributed by atoms with Crippen molar-refractivity contribution in [2.75, 3.05) is 18.0 Å². The van der Waals surface area contributed by atoms with Crippen molar-refractivity contribution in [3.63, 3.8) is 0 Å². The fraction of sp³-hybridized carbons (Fsp3) is 0.500. The van der Waals surface area contributed by atoms with E-state index in [0.717, 1.165) is 24.6 Å². The third-order valence-electron chi connectivity index (χ3n) is 5.41. The fourth-order valence-electron chi connectivity index (χ4n) is 3.90. The van der Waals surface area contributed by atoms with Gasteiger partial charge in [-0.1, -0.05) is 47.9 Å². The number of piperidine rings is 1. The SMILES string of the molecule is CCCc1nc(N2C[C@@H]3C(NC(=O)c4[nH]c(C)c(Cl)c4Cl)[C@@H]3C2)sc1C(=O)O. The van der Waals surface area contributed by atoms with E-state index in [1.807, 2.05) is 6.92 Å². The largest absolute Gasteiger partial charge is 0.477 e. The van der Waals surface area contributed by atoms with Gasteiger partial charge in [0.2, 0.25) is 0 Å². The highest BCUT2D eigenvalue weighted by Gasteiger charge is 2.57. The molecule has 1 saturated carbocycles. The van der Waals surface area contributed by atoms with Gasteiger partial charge >= 0.3 is 5.97 Å². The van der Waals surface area contributed by atoms with Crippen LogP contribution in [0.1, 0.15) is 44.9 Å². The van der Waals surface area contributed by atoms with Crippen LogP contribution >= 0.6 is 34.5 Å². The summed E-state index contributed by atoms with van der Waals surface area (Å²) >= 11 is 13.4. The molecular weight excluding hydrogens is 423 g/mol. The lowest BCUT2D eigenvalue weighted by molar-refractivity contribution is 0.0700. The van der Waals surface area contributed by atoms with Crippen molar-refractivity contribution in [2.24, 2.45) is 11.8 Å². The number of aromatic nitrogens is 2. The van der Waals surface area contributed by atoms with Crippen LogP contribution in [0, 0.1) is 18.8 Å². The molecule has 2 aromatic heterocycles. The van der Waals surface area contributed by atoms with Gasteiger partial charge in [0, 0.05) is 36.7 Å². The van der Waals surface area contributed by atoms with Crippen LogP contribution in [0.2, 0.25) is 10.0 Å². The maximum absolute atomic E-state index is 12.5. The quantitative estimate of drug-likeness (QED) is 0.634. The first kappa shape index (κ1) is 19.5. The van der Waals surface area contributed by atoms with E-state index in [4.69, 9.17) is 23.2 Å². The number of halogens is 2. The molecule has 3 N–H and O–H groups in total. The lowest BCUT2D eigenvalue weighted by Crippen LogP contribution is -2.34. The Bertz CT molecular complexity index is 945. The number of nitrogens with zero attached hydrogens (tertiary/aromatic N) is 2. The molecule has 28 heavy (non-hydrogen) atoms. The number of carboxylic acids is 1. The monoisotopic (exact) mass is 442 g/mol. The molecule has 1 saturated heterocycles. The van der Waals surface area contributed by atoms with Crippen molar-refractivity contribution in [1.82, 2.24) is 15.3 Å². The molecular formula is C18H20Cl2N4O3S. The van der Waals surface area contributed by atoms with E-state index < -0.39 is 5.97 Å². The van der Waals surface area contributed by atoms with E-state index >= 15 is 0 Å². The number of aryl methyl sites for hydroxylation is 2. The average molecular weight is 443 g/mol. The summed E-state index contributed by atoms with van der Waals surface area (Å²) < 4.78 is 0. The first-order valence-electron chi connectivity index (χ1n) is 9.14. The number of hydrogen-bond donors (Lipinski definition) is 3. The van der Waals surface area contributed by atoms with E-state index in [2.05, 4.69) is 20.2 Å². The molecule has 1 amide bonds. The molecule has 0 bridgehead atoms. The van der Waals surface area contributed by atoms with Gasteiger partial charge < -0.3 is 20.3 Å². The van der Waals surface area contributed by atoms with Crippen molar-refractivity contribution in [3.8, 4) is 0 Å². The highest BCUT2D eigenvalue weighted by molar-refractivity contribution is 7.17. The second-order valence-electron chi connectivity index (χ2n) is 7.31. The zero-order chi connectivity index (χ0) is 20.2. The van der Waals surface area contributed by atoms with Crippen molar-refractivity contribution in [1.29, 1.82) is 0 Å². The lowest BCUT2D eigenvalue weighted by atomic mass is 10.2. The summed E-state index contributed by atoms with van der Waals surface area (Å²) in [6.45, 7) is 5.28. The Morgan fingerprint density at radius 2 is 2.00 bits per heavy atom. The number of anilines is 1. The van der Waals surface area contributed by atoms with Crippen LogP contribution in [0.3, 0.4) is 0 Å². The number of carbonyl (C=O) groups excluding carboxylic acids is 1. The number of hydrogen-bond acceptors (Lipinski definition) is 5. The number of aromatic amines is 1. The number of fused-ring (bicyclic) bond motifs is 1. The molecule has 1 unspecified atom stereocenters. The number of rotatable bonds is 6. The van der Waals surface area contributed by atoms with Gasteiger partial charge in [-0.25, -0.2) is 9.78 Å². The van der Waals surface area contributed by atoms with Gasteiger partial charge in [-0.15, -0.1) is 0 Å². The third-order valence-corrected chi connectivity index (χ3v) is 7.50. The lowest BCUT2D eigenvalue weighted by Gasteiger charge is -2.19. The number of H-pyrrole nitrogens is 1. The number of amides is 1. The van der Waals surface area contributed by atoms with Gasteiger partial charge in [-0.2, -0.15) is 0 Å². The molecule has 3 heterocycles. The number of carbonyl (C=O) groups is 2. The first-order valence-corrected chi connectivity index (χ1v) is 10.7. The van der Waals surface area contributed by atoms with Crippen LogP contribution in [0.5, 0.6) is 0 Å². The zero-order valence-corrected chi connectivity index (χ0v) is 17.7. The summed E-state index contributed by atoms with van der Waals surface area (Å²) in [6, 6.07) is 0.0937. The molecule has 1 aliphatic carbocycles. The molecule has 2 aromatic rings. The normalized spacial score (nSPS) is 23.0. The summed E-state index contributed by atoms with van der Waals surface area (Å²) in [6.07, 6.45) is 1.52. The fourth-order valence-corrected chi connectivity index (χ4v) is 5.28. The van der Waals surface area contributed by atoms with Crippen LogP contribution in [0.25, 0.3) is 0 Å². The topological polar surface area (TPSA) is 98.3 Å². The Hall–Kier alpha value is -1.77. The highest BCUT2D eigenvalue weighted by Crippen LogP contribution is 2.48. The van der Waals surface area contributed by atoms with E-state index in [9.17, 15) is 14.7 Å². The van der Waals surface area contributed by atoms with Crippen LogP contribution in [0.15, 0.2) is 0 Å². The zero-order valence-electron chi connectivity index (χ0n) is 15.4. The van der Waals surface area contributed by atoms with Crippen molar-refractivity contribution in [3.05, 3.63) is 32.0 Å². The summed E-state index contributed by atoms with van der Waals surface area (Å²) in [5.41, 5.74) is 1.62. The van der Waals surface area contributed by atoms with Gasteiger partial charge in [0.1, 0.15) is 10.6 Å². The number of thiazole rings is 1. The summed E-state index contributed by atoms with van der Waals surface area (Å²) in [5, 5.41) is 13.8. The molecule has 3 atom stereocenters. The molecule has 2 fully saturated rings. The van der Waals surface area contributed by atoms with Crippen molar-refractivity contribution < 1.29 is 14.7 Å². The van der Waals surface area contributed by atoms with Crippen LogP contribution in [-0.4, -0.2) is 46.1 Å². The van der Waals surface area contributed by atoms with Gasteiger partial charge in [0.15, 0.2) is 5.13 Å². The van der Waals surface area contributed by atoms with E-state index in [1.165, 1.54) is 11.3 Å². The second kappa shape index (κ2) is 7.24. The Morgan fingerprint density at radius 1 is 1.32 bits per heavy atom. The minimum absolute atomic E-state index is 0.0937. The molecule has 4 rings (SSSR count). The predicted molar refractivity (Wildman–Crippen MR) is 109 cm³/mol. The Morgan fingerprint density at radius 3 is 2.54 bits per heavy atom. The minimum Gasteiger partial charge on any atom is -0.477 e. The van der Waals surface area contributed by atoms with Gasteiger partial charge in [-0.3, -0.25) is 4.79 Å². The van der Waals surface area contributed by atoms with Crippen LogP contribution in [0.4, 0.5) is 5.13 Å². The second-order valence-corrected chi connectivity index (χ2v) is 9.05. The maximum atomic E-state index is 12.5. The van der Waals surface area contributed by atoms with Crippen LogP contribution in [-0.2, 0) is 6.42 Å². The van der Waals surface area contributed by atoms with Gasteiger partial charge in [0.25, 0.3) is 5.91 Å². The molecule has 0 aromatic carbocycles. The molecule has 1 aliphatic heterocycles. The molecule has 2 aliphatic rings. The molecule has 0 spiro atoms. The number of carboxylic acid groups (broad SMARTS) is 1. The Kier molecular flexibility index (Phi) is 5.05. The Balaban J connectivity index is 1.39. The number of nitrogens with one attached hydrogen (secondary N) is 2. The minimum atomic E-state index is -0.918. The molecule has 150 valence electrons. The van der Waals surface area contributed by atoms with Crippen molar-refractivity contribution in [2.45, 2.75) is 32.7 Å². The predicted octanol–water partition coefficient (Wildman–Crippen LogP) is 3.60. The molecule has 0 radical (unpaired) electrons. The Labute approximate surface area is 176 Å². The van der Waals surface area contributed by atoms with Crippen LogP contribution < -0.4 is 10.2 Å². The smallest absolute Gasteiger partial charge is 0.347 e. The van der Waals surface area contributed by atoms with E-state index in [-0.39, 0.29) is 17.0 Å². The van der Waals surface area contributed by atoms with E-state index in [1.54, 1.807) is 6.92 Å². The highest BCUT2D eigenvalue weighted by atomic mass is 35.5. The summed E-state index contributed by atoms with van der Waals surface area (Å²) in [7, 11) is 0. The van der Waals surface area contributed by atoms with Crippen molar-refractivity contribution >= 4 is 51.5 Å². The molecule has 7 nitrogen and oxygen atoms in total. The third kappa shape index (κ3) is 3.27. The summed E-state index contributed by atoms with van der Waals surface area (Å²) in [5.74, 6) is -0.501.